The summed E-state index contributed by atoms with van der Waals surface area (Å²) < 4.78 is 0. The van der Waals surface area contributed by atoms with Crippen molar-refractivity contribution < 1.29 is 4.79 Å². The fourth-order valence-corrected chi connectivity index (χ4v) is 3.13. The average Bonchev–Trinajstić information content (AvgIpc) is 2.96. The molecular weight excluding hydrogens is 230 g/mol. The first kappa shape index (κ1) is 10.7. The van der Waals surface area contributed by atoms with E-state index in [4.69, 9.17) is 0 Å². The first-order valence-corrected chi connectivity index (χ1v) is 6.71. The molecule has 1 aliphatic carbocycles. The van der Waals surface area contributed by atoms with E-state index in [2.05, 4.69) is 17.1 Å². The van der Waals surface area contributed by atoms with Crippen LogP contribution in [-0.2, 0) is 17.6 Å². The third kappa shape index (κ3) is 2.03. The predicted molar refractivity (Wildman–Crippen MR) is 68.3 cm³/mol. The lowest BCUT2D eigenvalue weighted by Gasteiger charge is -2.08. The smallest absolute Gasteiger partial charge is 0.147 e. The van der Waals surface area contributed by atoms with Crippen molar-refractivity contribution in [2.45, 2.75) is 25.2 Å². The quantitative estimate of drug-likeness (QED) is 0.829. The second-order valence-electron chi connectivity index (χ2n) is 4.36. The number of hydrogen-bond acceptors (Lipinski definition) is 3. The number of aromatic nitrogens is 1. The molecule has 1 aliphatic rings. The van der Waals surface area contributed by atoms with Crippen molar-refractivity contribution in [2.75, 3.05) is 0 Å². The Labute approximate surface area is 104 Å². The van der Waals surface area contributed by atoms with Crippen LogP contribution in [0, 0.1) is 0 Å². The minimum Gasteiger partial charge on any atom is -0.299 e. The van der Waals surface area contributed by atoms with Gasteiger partial charge in [-0.1, -0.05) is 24.3 Å². The summed E-state index contributed by atoms with van der Waals surface area (Å²) in [6.45, 7) is 0. The molecule has 0 saturated heterocycles. The molecule has 0 fully saturated rings. The Morgan fingerprint density at radius 3 is 3.12 bits per heavy atom. The Kier molecular flexibility index (Phi) is 2.77. The monoisotopic (exact) mass is 243 g/mol. The molecule has 1 heterocycles. The van der Waals surface area contributed by atoms with Crippen LogP contribution in [0.15, 0.2) is 35.8 Å². The van der Waals surface area contributed by atoms with Gasteiger partial charge in [-0.15, -0.1) is 11.3 Å². The van der Waals surface area contributed by atoms with E-state index in [-0.39, 0.29) is 5.92 Å². The molecule has 17 heavy (non-hydrogen) atoms. The highest BCUT2D eigenvalue weighted by molar-refractivity contribution is 7.09. The van der Waals surface area contributed by atoms with E-state index in [9.17, 15) is 4.79 Å². The van der Waals surface area contributed by atoms with Crippen molar-refractivity contribution in [1.82, 2.24) is 4.98 Å². The number of hydrogen-bond donors (Lipinski definition) is 0. The Morgan fingerprint density at radius 2 is 2.29 bits per heavy atom. The molecule has 0 radical (unpaired) electrons. The molecule has 0 spiro atoms. The maximum Gasteiger partial charge on any atom is 0.147 e. The highest BCUT2D eigenvalue weighted by Crippen LogP contribution is 2.34. The summed E-state index contributed by atoms with van der Waals surface area (Å²) in [7, 11) is 0. The zero-order valence-electron chi connectivity index (χ0n) is 9.43. The third-order valence-corrected chi connectivity index (χ3v) is 4.11. The molecule has 1 aromatic heterocycles. The second-order valence-corrected chi connectivity index (χ2v) is 5.34. The van der Waals surface area contributed by atoms with E-state index in [1.54, 1.807) is 17.5 Å². The molecule has 1 aromatic carbocycles. The van der Waals surface area contributed by atoms with Gasteiger partial charge in [-0.2, -0.15) is 0 Å². The maximum absolute atomic E-state index is 12.2. The van der Waals surface area contributed by atoms with Gasteiger partial charge in [0.05, 0.1) is 11.4 Å². The van der Waals surface area contributed by atoms with Gasteiger partial charge < -0.3 is 0 Å². The minimum atomic E-state index is 0.0927. The van der Waals surface area contributed by atoms with E-state index in [0.29, 0.717) is 12.2 Å². The third-order valence-electron chi connectivity index (χ3n) is 3.33. The van der Waals surface area contributed by atoms with Crippen LogP contribution < -0.4 is 0 Å². The highest BCUT2D eigenvalue weighted by atomic mass is 32.1. The number of thiazole rings is 1. The topological polar surface area (TPSA) is 30.0 Å². The zero-order chi connectivity index (χ0) is 11.7. The molecule has 0 amide bonds. The number of fused-ring (bicyclic) bond motifs is 1. The van der Waals surface area contributed by atoms with Crippen LogP contribution in [0.1, 0.15) is 28.5 Å². The molecule has 0 aliphatic heterocycles. The van der Waals surface area contributed by atoms with E-state index in [1.165, 1.54) is 11.1 Å². The van der Waals surface area contributed by atoms with Gasteiger partial charge in [0.25, 0.3) is 0 Å². The van der Waals surface area contributed by atoms with Crippen LogP contribution >= 0.6 is 11.3 Å². The van der Waals surface area contributed by atoms with Gasteiger partial charge in [-0.25, -0.2) is 4.98 Å². The van der Waals surface area contributed by atoms with Gasteiger partial charge >= 0.3 is 0 Å². The van der Waals surface area contributed by atoms with Crippen LogP contribution in [0.5, 0.6) is 0 Å². The van der Waals surface area contributed by atoms with Gasteiger partial charge in [0, 0.05) is 17.5 Å². The van der Waals surface area contributed by atoms with E-state index in [0.717, 1.165) is 17.8 Å². The normalized spacial score (nSPS) is 18.0. The van der Waals surface area contributed by atoms with Gasteiger partial charge in [-0.3, -0.25) is 4.79 Å². The number of aryl methyl sites for hydroxylation is 1. The summed E-state index contributed by atoms with van der Waals surface area (Å²) in [4.78, 5) is 16.4. The fraction of sp³-hybridized carbons (Fsp3) is 0.286. The van der Waals surface area contributed by atoms with Crippen molar-refractivity contribution in [3.63, 3.8) is 0 Å². The van der Waals surface area contributed by atoms with Crippen molar-refractivity contribution in [1.29, 1.82) is 0 Å². The summed E-state index contributed by atoms with van der Waals surface area (Å²) in [5.74, 6) is 0.403. The molecule has 1 atom stereocenters. The summed E-state index contributed by atoms with van der Waals surface area (Å²) in [6.07, 6.45) is 4.24. The Balaban J connectivity index is 1.80. The molecule has 3 heteroatoms. The first-order chi connectivity index (χ1) is 8.34. The summed E-state index contributed by atoms with van der Waals surface area (Å²) >= 11 is 1.56. The van der Waals surface area contributed by atoms with Crippen LogP contribution in [0.2, 0.25) is 0 Å². The minimum absolute atomic E-state index is 0.0927. The molecule has 0 N–H and O–H groups in total. The molecule has 2 aromatic rings. The Bertz CT molecular complexity index is 533. The van der Waals surface area contributed by atoms with E-state index < -0.39 is 0 Å². The molecule has 3 rings (SSSR count). The summed E-state index contributed by atoms with van der Waals surface area (Å²) in [5.41, 5.74) is 2.57. The molecule has 2 nitrogen and oxygen atoms in total. The zero-order valence-corrected chi connectivity index (χ0v) is 10.2. The fourth-order valence-electron chi connectivity index (χ4n) is 2.50. The largest absolute Gasteiger partial charge is 0.299 e. The van der Waals surface area contributed by atoms with Crippen molar-refractivity contribution in [3.8, 4) is 0 Å². The molecule has 0 bridgehead atoms. The predicted octanol–water partition coefficient (Wildman–Crippen LogP) is 2.98. The van der Waals surface area contributed by atoms with Gasteiger partial charge in [0.15, 0.2) is 0 Å². The molecule has 1 unspecified atom stereocenters. The van der Waals surface area contributed by atoms with Gasteiger partial charge in [-0.05, 0) is 24.0 Å². The van der Waals surface area contributed by atoms with Gasteiger partial charge in [0.1, 0.15) is 5.78 Å². The van der Waals surface area contributed by atoms with Crippen LogP contribution in [0.25, 0.3) is 0 Å². The lowest BCUT2D eigenvalue weighted by molar-refractivity contribution is -0.119. The second kappa shape index (κ2) is 4.41. The lowest BCUT2D eigenvalue weighted by Crippen LogP contribution is -2.12. The average molecular weight is 243 g/mol. The van der Waals surface area contributed by atoms with E-state index >= 15 is 0 Å². The molecular formula is C14H13NOS. The number of carbonyl (C=O) groups excluding carboxylic acids is 1. The van der Waals surface area contributed by atoms with Crippen LogP contribution in [0.3, 0.4) is 0 Å². The maximum atomic E-state index is 12.2. The van der Waals surface area contributed by atoms with Crippen molar-refractivity contribution in [2.24, 2.45) is 0 Å². The molecule has 86 valence electrons. The summed E-state index contributed by atoms with van der Waals surface area (Å²) in [5, 5.41) is 2.85. The van der Waals surface area contributed by atoms with Gasteiger partial charge in [0.2, 0.25) is 0 Å². The Hall–Kier alpha value is -1.48. The molecule has 0 saturated carbocycles. The number of nitrogens with zero attached hydrogens (tertiary/aromatic N) is 1. The van der Waals surface area contributed by atoms with Crippen LogP contribution in [-0.4, -0.2) is 10.8 Å². The Morgan fingerprint density at radius 1 is 1.41 bits per heavy atom. The summed E-state index contributed by atoms with van der Waals surface area (Å²) in [6, 6.07) is 8.29. The lowest BCUT2D eigenvalue weighted by atomic mass is 9.95. The number of benzene rings is 1. The first-order valence-electron chi connectivity index (χ1n) is 5.83. The number of rotatable bonds is 3. The number of carbonyl (C=O) groups is 1. The van der Waals surface area contributed by atoms with Crippen molar-refractivity contribution >= 4 is 17.1 Å². The SMILES string of the molecule is O=C(Cc1nccs1)C1CCc2ccccc21. The van der Waals surface area contributed by atoms with Crippen molar-refractivity contribution in [3.05, 3.63) is 52.0 Å². The number of ketones is 1. The van der Waals surface area contributed by atoms with Crippen LogP contribution in [0.4, 0.5) is 0 Å². The number of Topliss-reactive ketones (excluding diaryl/α,β-unsaturated/α-hetero) is 1. The highest BCUT2D eigenvalue weighted by Gasteiger charge is 2.28. The standard InChI is InChI=1S/C14H13NOS/c16-13(9-14-15-7-8-17-14)12-6-5-10-3-1-2-4-11(10)12/h1-4,7-8,12H,5-6,9H2. The van der Waals surface area contributed by atoms with E-state index in [1.807, 2.05) is 17.5 Å².